The van der Waals surface area contributed by atoms with Gasteiger partial charge in [0.25, 0.3) is 10.0 Å². The summed E-state index contributed by atoms with van der Waals surface area (Å²) in [5, 5.41) is 3.70. The third-order valence-electron chi connectivity index (χ3n) is 3.45. The molecule has 1 aliphatic heterocycles. The lowest BCUT2D eigenvalue weighted by molar-refractivity contribution is -0.135. The molecule has 2 rings (SSSR count). The van der Waals surface area contributed by atoms with Gasteiger partial charge in [-0.1, -0.05) is 17.7 Å². The number of hydrazone groups is 1. The summed E-state index contributed by atoms with van der Waals surface area (Å²) < 4.78 is 29.1. The lowest BCUT2D eigenvalue weighted by Crippen LogP contribution is -2.40. The van der Waals surface area contributed by atoms with E-state index < -0.39 is 10.0 Å². The molecule has 1 fully saturated rings. The Morgan fingerprint density at radius 3 is 2.61 bits per heavy atom. The second-order valence-electron chi connectivity index (χ2n) is 5.25. The molecule has 0 unspecified atom stereocenters. The molecule has 1 aromatic carbocycles. The van der Waals surface area contributed by atoms with E-state index in [0.29, 0.717) is 39.1 Å². The van der Waals surface area contributed by atoms with Gasteiger partial charge in [-0.15, -0.1) is 0 Å². The predicted octanol–water partition coefficient (Wildman–Crippen LogP) is 0.898. The number of amides is 1. The van der Waals surface area contributed by atoms with Crippen molar-refractivity contribution in [1.82, 2.24) is 9.73 Å². The van der Waals surface area contributed by atoms with Crippen molar-refractivity contribution in [2.75, 3.05) is 26.3 Å². The minimum atomic E-state index is -3.66. The highest BCUT2D eigenvalue weighted by Crippen LogP contribution is 2.09. The molecule has 0 bridgehead atoms. The number of rotatable bonds is 6. The first kappa shape index (κ1) is 17.4. The fourth-order valence-electron chi connectivity index (χ4n) is 2.10. The van der Waals surface area contributed by atoms with Crippen molar-refractivity contribution in [3.8, 4) is 0 Å². The highest BCUT2D eigenvalue weighted by molar-refractivity contribution is 7.89. The first-order valence-electron chi connectivity index (χ1n) is 7.44. The number of carbonyl (C=O) groups excluding carboxylic acids is 1. The zero-order valence-electron chi connectivity index (χ0n) is 13.1. The van der Waals surface area contributed by atoms with Gasteiger partial charge in [0.1, 0.15) is 0 Å². The number of morpholine rings is 1. The van der Waals surface area contributed by atoms with Crippen molar-refractivity contribution in [2.24, 2.45) is 5.10 Å². The zero-order chi connectivity index (χ0) is 16.7. The Bertz CT molecular complexity index is 650. The van der Waals surface area contributed by atoms with Crippen LogP contribution in [0.4, 0.5) is 0 Å². The molecule has 0 spiro atoms. The largest absolute Gasteiger partial charge is 0.378 e. The van der Waals surface area contributed by atoms with Gasteiger partial charge in [0.2, 0.25) is 5.91 Å². The number of hydrogen-bond donors (Lipinski definition) is 1. The van der Waals surface area contributed by atoms with Crippen molar-refractivity contribution >= 4 is 22.1 Å². The van der Waals surface area contributed by atoms with Gasteiger partial charge in [-0.2, -0.15) is 13.5 Å². The van der Waals surface area contributed by atoms with E-state index in [0.717, 1.165) is 5.56 Å². The van der Waals surface area contributed by atoms with E-state index in [1.165, 1.54) is 18.3 Å². The number of sulfonamides is 1. The summed E-state index contributed by atoms with van der Waals surface area (Å²) in [7, 11) is -3.66. The quantitative estimate of drug-likeness (QED) is 0.616. The van der Waals surface area contributed by atoms with Gasteiger partial charge in [0.05, 0.1) is 18.1 Å². The monoisotopic (exact) mass is 339 g/mol. The maximum atomic E-state index is 12.0. The van der Waals surface area contributed by atoms with E-state index in [1.807, 2.05) is 6.92 Å². The molecule has 7 nitrogen and oxygen atoms in total. The summed E-state index contributed by atoms with van der Waals surface area (Å²) in [6.07, 6.45) is 2.09. The minimum Gasteiger partial charge on any atom is -0.378 e. The van der Waals surface area contributed by atoms with Crippen molar-refractivity contribution in [1.29, 1.82) is 0 Å². The second-order valence-corrected chi connectivity index (χ2v) is 6.91. The van der Waals surface area contributed by atoms with Gasteiger partial charge in [-0.3, -0.25) is 4.79 Å². The van der Waals surface area contributed by atoms with Crippen LogP contribution >= 0.6 is 0 Å². The molecule has 1 aromatic rings. The Balaban J connectivity index is 1.77. The fraction of sp³-hybridized carbons (Fsp3) is 0.467. The lowest BCUT2D eigenvalue weighted by atomic mass is 10.2. The summed E-state index contributed by atoms with van der Waals surface area (Å²) in [6, 6.07) is 6.49. The number of nitrogens with one attached hydrogen (secondary N) is 1. The first-order valence-corrected chi connectivity index (χ1v) is 8.93. The van der Waals surface area contributed by atoms with Gasteiger partial charge in [0, 0.05) is 25.7 Å². The number of nitrogens with zero attached hydrogens (tertiary/aromatic N) is 2. The van der Waals surface area contributed by atoms with Gasteiger partial charge in [-0.25, -0.2) is 4.83 Å². The average molecular weight is 339 g/mol. The molecule has 0 aliphatic carbocycles. The molecule has 0 aromatic heterocycles. The molecule has 23 heavy (non-hydrogen) atoms. The second kappa shape index (κ2) is 8.07. The maximum absolute atomic E-state index is 12.0. The van der Waals surface area contributed by atoms with Crippen LogP contribution in [0.3, 0.4) is 0 Å². The molecular formula is C15H21N3O4S. The van der Waals surface area contributed by atoms with Gasteiger partial charge < -0.3 is 9.64 Å². The fourth-order valence-corrected chi connectivity index (χ4v) is 2.91. The van der Waals surface area contributed by atoms with E-state index in [2.05, 4.69) is 9.93 Å². The Labute approximate surface area is 136 Å². The van der Waals surface area contributed by atoms with Crippen LogP contribution in [0.2, 0.25) is 0 Å². The number of aryl methyl sites for hydroxylation is 1. The van der Waals surface area contributed by atoms with Gasteiger partial charge in [-0.05, 0) is 25.5 Å². The van der Waals surface area contributed by atoms with Crippen LogP contribution in [0.25, 0.3) is 0 Å². The minimum absolute atomic E-state index is 0.0288. The van der Waals surface area contributed by atoms with Crippen LogP contribution in [-0.2, 0) is 19.6 Å². The molecule has 1 aliphatic rings. The molecule has 126 valence electrons. The first-order chi connectivity index (χ1) is 11.0. The normalized spacial score (nSPS) is 15.8. The van der Waals surface area contributed by atoms with Gasteiger partial charge in [0.15, 0.2) is 0 Å². The number of carbonyl (C=O) groups is 1. The van der Waals surface area contributed by atoms with Crippen molar-refractivity contribution in [2.45, 2.75) is 24.7 Å². The summed E-state index contributed by atoms with van der Waals surface area (Å²) >= 11 is 0. The van der Waals surface area contributed by atoms with Crippen molar-refractivity contribution < 1.29 is 17.9 Å². The molecule has 0 radical (unpaired) electrons. The summed E-state index contributed by atoms with van der Waals surface area (Å²) in [4.78, 5) is 15.9. The van der Waals surface area contributed by atoms with Crippen LogP contribution in [0.5, 0.6) is 0 Å². The third-order valence-corrected chi connectivity index (χ3v) is 4.69. The Morgan fingerprint density at radius 1 is 1.30 bits per heavy atom. The molecule has 0 saturated carbocycles. The SMILES string of the molecule is Cc1ccc(S(=O)(=O)N/N=C/CCC(=O)N2CCOCC2)cc1. The maximum Gasteiger partial charge on any atom is 0.276 e. The highest BCUT2D eigenvalue weighted by atomic mass is 32.2. The van der Waals surface area contributed by atoms with E-state index in [4.69, 9.17) is 4.74 Å². The number of hydrogen-bond acceptors (Lipinski definition) is 5. The molecule has 1 amide bonds. The summed E-state index contributed by atoms with van der Waals surface area (Å²) in [5.74, 6) is 0.0288. The average Bonchev–Trinajstić information content (AvgIpc) is 2.55. The topological polar surface area (TPSA) is 88.1 Å². The number of ether oxygens (including phenoxy) is 1. The molecule has 1 N–H and O–H groups in total. The molecule has 8 heteroatoms. The van der Waals surface area contributed by atoms with Crippen LogP contribution in [0.15, 0.2) is 34.3 Å². The Kier molecular flexibility index (Phi) is 6.12. The van der Waals surface area contributed by atoms with E-state index in [9.17, 15) is 13.2 Å². The standard InChI is InChI=1S/C15H21N3O4S/c1-13-4-6-14(7-5-13)23(20,21)17-16-8-2-3-15(19)18-9-11-22-12-10-18/h4-8,17H,2-3,9-12H2,1H3/b16-8+. The molecular weight excluding hydrogens is 318 g/mol. The Morgan fingerprint density at radius 2 is 1.96 bits per heavy atom. The lowest BCUT2D eigenvalue weighted by Gasteiger charge is -2.26. The zero-order valence-corrected chi connectivity index (χ0v) is 13.9. The van der Waals surface area contributed by atoms with E-state index >= 15 is 0 Å². The van der Waals surface area contributed by atoms with E-state index in [1.54, 1.807) is 17.0 Å². The van der Waals surface area contributed by atoms with Crippen LogP contribution in [-0.4, -0.2) is 51.7 Å². The van der Waals surface area contributed by atoms with Crippen molar-refractivity contribution in [3.05, 3.63) is 29.8 Å². The molecule has 1 saturated heterocycles. The molecule has 0 atom stereocenters. The number of benzene rings is 1. The van der Waals surface area contributed by atoms with Crippen LogP contribution < -0.4 is 4.83 Å². The van der Waals surface area contributed by atoms with Crippen molar-refractivity contribution in [3.63, 3.8) is 0 Å². The predicted molar refractivity (Wildman–Crippen MR) is 86.6 cm³/mol. The third kappa shape index (κ3) is 5.33. The summed E-state index contributed by atoms with van der Waals surface area (Å²) in [5.41, 5.74) is 0.981. The Hall–Kier alpha value is -1.93. The van der Waals surface area contributed by atoms with E-state index in [-0.39, 0.29) is 10.8 Å². The van der Waals surface area contributed by atoms with Crippen LogP contribution in [0.1, 0.15) is 18.4 Å². The summed E-state index contributed by atoms with van der Waals surface area (Å²) in [6.45, 7) is 4.23. The smallest absolute Gasteiger partial charge is 0.276 e. The van der Waals surface area contributed by atoms with Crippen LogP contribution in [0, 0.1) is 6.92 Å². The highest BCUT2D eigenvalue weighted by Gasteiger charge is 2.16. The molecule has 1 heterocycles. The van der Waals surface area contributed by atoms with Gasteiger partial charge >= 0.3 is 0 Å².